The minimum absolute atomic E-state index is 0.160. The number of carbonyl (C=O) groups is 2. The van der Waals surface area contributed by atoms with E-state index in [1.54, 1.807) is 19.1 Å². The van der Waals surface area contributed by atoms with Gasteiger partial charge in [-0.15, -0.1) is 0 Å². The Kier molecular flexibility index (Phi) is 3.95. The van der Waals surface area contributed by atoms with Crippen LogP contribution >= 0.6 is 15.9 Å². The Balaban J connectivity index is 2.09. The number of ether oxygens (including phenoxy) is 1. The number of carbonyl (C=O) groups excluding carboxylic acids is 1. The van der Waals surface area contributed by atoms with Crippen molar-refractivity contribution in [3.8, 4) is 0 Å². The lowest BCUT2D eigenvalue weighted by molar-refractivity contribution is -0.148. The molecule has 1 aromatic carbocycles. The highest BCUT2D eigenvalue weighted by atomic mass is 79.9. The van der Waals surface area contributed by atoms with Crippen LogP contribution in [-0.2, 0) is 22.4 Å². The average molecular weight is 366 g/mol. The average Bonchev–Trinajstić information content (AvgIpc) is 2.86. The summed E-state index contributed by atoms with van der Waals surface area (Å²) in [6, 6.07) is 3.33. The molecule has 3 rings (SSSR count). The van der Waals surface area contributed by atoms with E-state index in [2.05, 4.69) is 20.9 Å². The molecule has 1 atom stereocenters. The number of rotatable bonds is 3. The number of hydrogen-bond acceptors (Lipinski definition) is 3. The van der Waals surface area contributed by atoms with E-state index in [0.717, 1.165) is 34.0 Å². The number of carboxylic acid groups (broad SMARTS) is 1. The van der Waals surface area contributed by atoms with E-state index in [1.807, 2.05) is 0 Å². The Hall–Kier alpha value is -1.82. The van der Waals surface area contributed by atoms with Gasteiger partial charge in [-0.25, -0.2) is 4.79 Å². The van der Waals surface area contributed by atoms with Crippen molar-refractivity contribution in [3.05, 3.63) is 33.4 Å². The molecule has 2 N–H and O–H groups in total. The second-order valence-corrected chi connectivity index (χ2v) is 6.28. The standard InChI is InChI=1S/C16H16BrNO4/c1-2-22-16(21)8-3-6-12-10(7-8)13-11(17)5-4-9(15(19)20)14(13)18-12/h4-5,8,18H,2-3,6-7H2,1H3,(H,19,20). The molecule has 116 valence electrons. The summed E-state index contributed by atoms with van der Waals surface area (Å²) in [5, 5.41) is 10.2. The number of halogens is 1. The van der Waals surface area contributed by atoms with Crippen LogP contribution in [0.15, 0.2) is 16.6 Å². The highest BCUT2D eigenvalue weighted by molar-refractivity contribution is 9.10. The largest absolute Gasteiger partial charge is 0.478 e. The Morgan fingerprint density at radius 3 is 2.91 bits per heavy atom. The Morgan fingerprint density at radius 2 is 2.23 bits per heavy atom. The fraction of sp³-hybridized carbons (Fsp3) is 0.375. The maximum Gasteiger partial charge on any atom is 0.337 e. The third-order valence-corrected chi connectivity index (χ3v) is 4.80. The first-order valence-corrected chi connectivity index (χ1v) is 8.04. The van der Waals surface area contributed by atoms with E-state index >= 15 is 0 Å². The molecule has 1 aliphatic carbocycles. The van der Waals surface area contributed by atoms with Crippen molar-refractivity contribution in [2.24, 2.45) is 5.92 Å². The van der Waals surface area contributed by atoms with E-state index in [0.29, 0.717) is 18.5 Å². The van der Waals surface area contributed by atoms with Crippen LogP contribution < -0.4 is 0 Å². The Bertz CT molecular complexity index is 765. The second kappa shape index (κ2) is 5.76. The summed E-state index contributed by atoms with van der Waals surface area (Å²) < 4.78 is 5.96. The lowest BCUT2D eigenvalue weighted by atomic mass is 9.86. The highest BCUT2D eigenvalue weighted by Gasteiger charge is 2.30. The van der Waals surface area contributed by atoms with Gasteiger partial charge in [-0.2, -0.15) is 0 Å². The van der Waals surface area contributed by atoms with Gasteiger partial charge in [0, 0.05) is 15.6 Å². The first-order valence-electron chi connectivity index (χ1n) is 7.24. The van der Waals surface area contributed by atoms with Crippen LogP contribution in [0.5, 0.6) is 0 Å². The summed E-state index contributed by atoms with van der Waals surface area (Å²) in [6.45, 7) is 2.18. The molecule has 0 bridgehead atoms. The molecule has 0 spiro atoms. The topological polar surface area (TPSA) is 79.4 Å². The molecule has 22 heavy (non-hydrogen) atoms. The van der Waals surface area contributed by atoms with Gasteiger partial charge in [0.2, 0.25) is 0 Å². The van der Waals surface area contributed by atoms with Crippen LogP contribution in [0.3, 0.4) is 0 Å². The van der Waals surface area contributed by atoms with Crippen molar-refractivity contribution in [3.63, 3.8) is 0 Å². The molecular formula is C16H16BrNO4. The van der Waals surface area contributed by atoms with Gasteiger partial charge < -0.3 is 14.8 Å². The highest BCUT2D eigenvalue weighted by Crippen LogP contribution is 2.37. The van der Waals surface area contributed by atoms with Crippen molar-refractivity contribution in [1.82, 2.24) is 4.98 Å². The molecule has 6 heteroatoms. The summed E-state index contributed by atoms with van der Waals surface area (Å²) in [4.78, 5) is 26.6. The normalized spacial score (nSPS) is 17.3. The molecular weight excluding hydrogens is 350 g/mol. The van der Waals surface area contributed by atoms with Crippen molar-refractivity contribution in [2.75, 3.05) is 6.61 Å². The Labute approximate surface area is 135 Å². The van der Waals surface area contributed by atoms with Gasteiger partial charge in [0.1, 0.15) is 0 Å². The summed E-state index contributed by atoms with van der Waals surface area (Å²) in [5.41, 5.74) is 2.91. The number of aromatic carboxylic acids is 1. The lowest BCUT2D eigenvalue weighted by Crippen LogP contribution is -2.24. The maximum atomic E-state index is 12.0. The van der Waals surface area contributed by atoms with Gasteiger partial charge in [0.25, 0.3) is 0 Å². The molecule has 1 aromatic heterocycles. The van der Waals surface area contributed by atoms with Crippen molar-refractivity contribution in [1.29, 1.82) is 0 Å². The van der Waals surface area contributed by atoms with E-state index in [1.165, 1.54) is 0 Å². The number of hydrogen-bond donors (Lipinski definition) is 2. The third kappa shape index (κ3) is 2.41. The first kappa shape index (κ1) is 15.1. The number of fused-ring (bicyclic) bond motifs is 3. The van der Waals surface area contributed by atoms with Crippen molar-refractivity contribution < 1.29 is 19.4 Å². The van der Waals surface area contributed by atoms with Gasteiger partial charge in [-0.1, -0.05) is 15.9 Å². The molecule has 2 aromatic rings. The number of aromatic amines is 1. The molecule has 0 fully saturated rings. The van der Waals surface area contributed by atoms with Gasteiger partial charge >= 0.3 is 11.9 Å². The monoisotopic (exact) mass is 365 g/mol. The summed E-state index contributed by atoms with van der Waals surface area (Å²) >= 11 is 3.50. The quantitative estimate of drug-likeness (QED) is 0.817. The maximum absolute atomic E-state index is 12.0. The van der Waals surface area contributed by atoms with Crippen LogP contribution in [-0.4, -0.2) is 28.6 Å². The summed E-state index contributed by atoms with van der Waals surface area (Å²) in [6.07, 6.45) is 2.02. The molecule has 5 nitrogen and oxygen atoms in total. The molecule has 1 heterocycles. The first-order chi connectivity index (χ1) is 10.5. The van der Waals surface area contributed by atoms with Crippen LogP contribution in [0.2, 0.25) is 0 Å². The second-order valence-electron chi connectivity index (χ2n) is 5.42. The number of esters is 1. The van der Waals surface area contributed by atoms with Crippen LogP contribution in [0.4, 0.5) is 0 Å². The molecule has 0 amide bonds. The minimum atomic E-state index is -0.960. The Morgan fingerprint density at radius 1 is 1.45 bits per heavy atom. The van der Waals surface area contributed by atoms with E-state index in [9.17, 15) is 14.7 Å². The van der Waals surface area contributed by atoms with Crippen LogP contribution in [0.25, 0.3) is 10.9 Å². The minimum Gasteiger partial charge on any atom is -0.478 e. The van der Waals surface area contributed by atoms with E-state index in [-0.39, 0.29) is 17.5 Å². The summed E-state index contributed by atoms with van der Waals surface area (Å²) in [7, 11) is 0. The predicted octanol–water partition coefficient (Wildman–Crippen LogP) is 3.30. The zero-order chi connectivity index (χ0) is 15.9. The fourth-order valence-corrected chi connectivity index (χ4v) is 3.69. The summed E-state index contributed by atoms with van der Waals surface area (Å²) in [5.74, 6) is -1.29. The molecule has 0 aliphatic heterocycles. The van der Waals surface area contributed by atoms with E-state index < -0.39 is 5.97 Å². The van der Waals surface area contributed by atoms with Crippen molar-refractivity contribution in [2.45, 2.75) is 26.2 Å². The van der Waals surface area contributed by atoms with Crippen molar-refractivity contribution >= 4 is 38.8 Å². The van der Waals surface area contributed by atoms with Gasteiger partial charge in [-0.05, 0) is 43.9 Å². The predicted molar refractivity (Wildman–Crippen MR) is 85.1 cm³/mol. The fourth-order valence-electron chi connectivity index (χ4n) is 3.12. The zero-order valence-corrected chi connectivity index (χ0v) is 13.7. The number of aromatic nitrogens is 1. The van der Waals surface area contributed by atoms with Gasteiger partial charge in [0.15, 0.2) is 0 Å². The van der Waals surface area contributed by atoms with E-state index in [4.69, 9.17) is 4.74 Å². The zero-order valence-electron chi connectivity index (χ0n) is 12.1. The number of aryl methyl sites for hydroxylation is 1. The van der Waals surface area contributed by atoms with Crippen LogP contribution in [0, 0.1) is 5.92 Å². The molecule has 1 unspecified atom stereocenters. The van der Waals surface area contributed by atoms with Crippen LogP contribution in [0.1, 0.15) is 35.0 Å². The SMILES string of the molecule is CCOC(=O)C1CCc2[nH]c3c(C(=O)O)ccc(Br)c3c2C1. The molecule has 1 aliphatic rings. The molecule has 0 saturated carbocycles. The van der Waals surface area contributed by atoms with Gasteiger partial charge in [-0.3, -0.25) is 4.79 Å². The third-order valence-electron chi connectivity index (χ3n) is 4.14. The molecule has 0 saturated heterocycles. The van der Waals surface area contributed by atoms with Gasteiger partial charge in [0.05, 0.1) is 23.6 Å². The number of H-pyrrole nitrogens is 1. The smallest absolute Gasteiger partial charge is 0.337 e. The lowest BCUT2D eigenvalue weighted by Gasteiger charge is -2.20. The number of benzene rings is 1. The molecule has 0 radical (unpaired) electrons. The number of carboxylic acids is 1. The number of nitrogens with one attached hydrogen (secondary N) is 1.